The number of benzene rings is 1. The molecule has 4 aromatic rings. The summed E-state index contributed by atoms with van der Waals surface area (Å²) in [7, 11) is 1.36. The van der Waals surface area contributed by atoms with Gasteiger partial charge in [-0.05, 0) is 62.3 Å². The molecule has 1 amide bonds. The second-order valence-electron chi connectivity index (χ2n) is 9.22. The minimum atomic E-state index is -0.427. The predicted octanol–water partition coefficient (Wildman–Crippen LogP) is 5.77. The minimum Gasteiger partial charge on any atom is -0.465 e. The second kappa shape index (κ2) is 10.4. The Labute approximate surface area is 226 Å². The maximum Gasteiger partial charge on any atom is 0.341 e. The molecular weight excluding hydrogens is 527 g/mol. The van der Waals surface area contributed by atoms with E-state index in [1.807, 2.05) is 44.2 Å². The standard InChI is InChI=1S/C27H27N3O4S3/c1-14-10-11-18-19(12-14)37-24(22(18)26(33)34-4)28-20(31)13-35-27-29-23-21(15(2)16(3)36-23)25(32)30(27)17-8-6-5-7-9-17/h5-9,14H,10-13H2,1-4H3,(H,28,31)/t14-/m1/s1. The van der Waals surface area contributed by atoms with Crippen molar-refractivity contribution in [1.82, 2.24) is 9.55 Å². The number of thiophene rings is 2. The number of carbonyl (C=O) groups excluding carboxylic acids is 2. The summed E-state index contributed by atoms with van der Waals surface area (Å²) in [5, 5.41) is 4.53. The van der Waals surface area contributed by atoms with Crippen LogP contribution in [0.5, 0.6) is 0 Å². The van der Waals surface area contributed by atoms with Gasteiger partial charge in [0, 0.05) is 9.75 Å². The van der Waals surface area contributed by atoms with Gasteiger partial charge in [0.05, 0.1) is 29.5 Å². The van der Waals surface area contributed by atoms with Crippen molar-refractivity contribution in [3.63, 3.8) is 0 Å². The first-order valence-electron chi connectivity index (χ1n) is 12.0. The first-order valence-corrected chi connectivity index (χ1v) is 14.6. The molecule has 0 saturated carbocycles. The summed E-state index contributed by atoms with van der Waals surface area (Å²) in [6.45, 7) is 6.11. The number of para-hydroxylation sites is 1. The number of thioether (sulfide) groups is 1. The number of hydrogen-bond acceptors (Lipinski definition) is 8. The zero-order valence-corrected chi connectivity index (χ0v) is 23.5. The third-order valence-electron chi connectivity index (χ3n) is 6.67. The summed E-state index contributed by atoms with van der Waals surface area (Å²) in [6.07, 6.45) is 2.69. The van der Waals surface area contributed by atoms with Crippen LogP contribution in [0, 0.1) is 19.8 Å². The van der Waals surface area contributed by atoms with Gasteiger partial charge in [-0.3, -0.25) is 14.2 Å². The van der Waals surface area contributed by atoms with Crippen LogP contribution >= 0.6 is 34.4 Å². The molecule has 192 valence electrons. The Morgan fingerprint density at radius 2 is 1.97 bits per heavy atom. The molecule has 10 heteroatoms. The number of nitrogens with one attached hydrogen (secondary N) is 1. The van der Waals surface area contributed by atoms with Crippen molar-refractivity contribution >= 4 is 61.5 Å². The Hall–Kier alpha value is -2.95. The summed E-state index contributed by atoms with van der Waals surface area (Å²) >= 11 is 4.14. The Balaban J connectivity index is 1.45. The van der Waals surface area contributed by atoms with Gasteiger partial charge in [-0.15, -0.1) is 22.7 Å². The highest BCUT2D eigenvalue weighted by Gasteiger charge is 2.29. The number of ether oxygens (including phenoxy) is 1. The van der Waals surface area contributed by atoms with Gasteiger partial charge in [0.1, 0.15) is 9.83 Å². The lowest BCUT2D eigenvalue weighted by Gasteiger charge is -2.18. The fourth-order valence-corrected chi connectivity index (χ4v) is 7.92. The van der Waals surface area contributed by atoms with Crippen LogP contribution in [0.25, 0.3) is 15.9 Å². The van der Waals surface area contributed by atoms with Crippen molar-refractivity contribution in [2.45, 2.75) is 45.2 Å². The normalized spacial score (nSPS) is 15.0. The highest BCUT2D eigenvalue weighted by Crippen LogP contribution is 2.40. The lowest BCUT2D eigenvalue weighted by molar-refractivity contribution is -0.113. The predicted molar refractivity (Wildman–Crippen MR) is 151 cm³/mol. The van der Waals surface area contributed by atoms with E-state index in [1.54, 1.807) is 4.57 Å². The first kappa shape index (κ1) is 25.7. The number of amides is 1. The molecule has 1 aliphatic carbocycles. The number of methoxy groups -OCH3 is 1. The molecular formula is C27H27N3O4S3. The molecule has 1 aromatic carbocycles. The van der Waals surface area contributed by atoms with Gasteiger partial charge in [-0.2, -0.15) is 0 Å². The van der Waals surface area contributed by atoms with E-state index in [0.29, 0.717) is 37.5 Å². The van der Waals surface area contributed by atoms with E-state index in [4.69, 9.17) is 9.72 Å². The summed E-state index contributed by atoms with van der Waals surface area (Å²) in [5.41, 5.74) is 2.95. The van der Waals surface area contributed by atoms with Gasteiger partial charge in [-0.1, -0.05) is 36.9 Å². The van der Waals surface area contributed by atoms with Gasteiger partial charge in [0.25, 0.3) is 5.56 Å². The lowest BCUT2D eigenvalue weighted by atomic mass is 9.88. The third kappa shape index (κ3) is 4.85. The molecule has 7 nitrogen and oxygen atoms in total. The van der Waals surface area contributed by atoms with Crippen molar-refractivity contribution in [1.29, 1.82) is 0 Å². The SMILES string of the molecule is COC(=O)c1c(NC(=O)CSc2nc3sc(C)c(C)c3c(=O)n2-c2ccccc2)sc2c1CC[C@@H](C)C2. The number of aromatic nitrogens is 2. The number of nitrogens with zero attached hydrogens (tertiary/aromatic N) is 2. The molecule has 0 saturated heterocycles. The van der Waals surface area contributed by atoms with E-state index in [9.17, 15) is 14.4 Å². The van der Waals surface area contributed by atoms with Crippen LogP contribution in [0.3, 0.4) is 0 Å². The van der Waals surface area contributed by atoms with E-state index in [2.05, 4.69) is 12.2 Å². The van der Waals surface area contributed by atoms with Gasteiger partial charge < -0.3 is 10.1 Å². The average molecular weight is 554 g/mol. The van der Waals surface area contributed by atoms with Crippen molar-refractivity contribution in [3.8, 4) is 5.69 Å². The van der Waals surface area contributed by atoms with Crippen molar-refractivity contribution in [3.05, 3.63) is 67.1 Å². The fraction of sp³-hybridized carbons (Fsp3) is 0.333. The van der Waals surface area contributed by atoms with Gasteiger partial charge in [-0.25, -0.2) is 9.78 Å². The average Bonchev–Trinajstić information content (AvgIpc) is 3.38. The largest absolute Gasteiger partial charge is 0.465 e. The third-order valence-corrected chi connectivity index (χ3v) is 9.88. The number of fused-ring (bicyclic) bond motifs is 2. The molecule has 0 spiro atoms. The van der Waals surface area contributed by atoms with E-state index in [-0.39, 0.29) is 17.2 Å². The molecule has 5 rings (SSSR count). The topological polar surface area (TPSA) is 90.3 Å². The molecule has 1 N–H and O–H groups in total. The Morgan fingerprint density at radius 3 is 2.70 bits per heavy atom. The van der Waals surface area contributed by atoms with Gasteiger partial charge in [0.15, 0.2) is 5.16 Å². The smallest absolute Gasteiger partial charge is 0.341 e. The van der Waals surface area contributed by atoms with Crippen LogP contribution in [-0.2, 0) is 22.4 Å². The number of carbonyl (C=O) groups is 2. The second-order valence-corrected chi connectivity index (χ2v) is 12.5. The van der Waals surface area contributed by atoms with Crippen LogP contribution in [-0.4, -0.2) is 34.3 Å². The van der Waals surface area contributed by atoms with Crippen LogP contribution < -0.4 is 10.9 Å². The Bertz CT molecular complexity index is 1570. The van der Waals surface area contributed by atoms with E-state index in [1.165, 1.54) is 41.5 Å². The Morgan fingerprint density at radius 1 is 1.22 bits per heavy atom. The number of esters is 1. The molecule has 3 aromatic heterocycles. The molecule has 0 fully saturated rings. The molecule has 0 radical (unpaired) electrons. The van der Waals surface area contributed by atoms with E-state index in [0.717, 1.165) is 40.1 Å². The van der Waals surface area contributed by atoms with Crippen LogP contribution in [0.4, 0.5) is 5.00 Å². The number of rotatable bonds is 6. The molecule has 0 unspecified atom stereocenters. The summed E-state index contributed by atoms with van der Waals surface area (Å²) in [5.74, 6) is -0.123. The highest BCUT2D eigenvalue weighted by atomic mass is 32.2. The zero-order chi connectivity index (χ0) is 26.3. The minimum absolute atomic E-state index is 0.0354. The monoisotopic (exact) mass is 553 g/mol. The fourth-order valence-electron chi connectivity index (χ4n) is 4.63. The van der Waals surface area contributed by atoms with Crippen LogP contribution in [0.2, 0.25) is 0 Å². The van der Waals surface area contributed by atoms with E-state index >= 15 is 0 Å². The summed E-state index contributed by atoms with van der Waals surface area (Å²) in [6, 6.07) is 9.33. The van der Waals surface area contributed by atoms with Gasteiger partial charge in [0.2, 0.25) is 5.91 Å². The summed E-state index contributed by atoms with van der Waals surface area (Å²) < 4.78 is 6.61. The molecule has 0 aliphatic heterocycles. The quantitative estimate of drug-likeness (QED) is 0.185. The summed E-state index contributed by atoms with van der Waals surface area (Å²) in [4.78, 5) is 46.9. The first-order chi connectivity index (χ1) is 17.8. The lowest BCUT2D eigenvalue weighted by Crippen LogP contribution is -2.23. The number of aryl methyl sites for hydroxylation is 2. The van der Waals surface area contributed by atoms with Crippen LogP contribution in [0.1, 0.15) is 44.6 Å². The van der Waals surface area contributed by atoms with Crippen molar-refractivity contribution in [2.75, 3.05) is 18.2 Å². The molecule has 1 atom stereocenters. The maximum absolute atomic E-state index is 13.6. The van der Waals surface area contributed by atoms with Crippen LogP contribution in [0.15, 0.2) is 40.3 Å². The Kier molecular flexibility index (Phi) is 7.24. The van der Waals surface area contributed by atoms with E-state index < -0.39 is 5.97 Å². The highest BCUT2D eigenvalue weighted by molar-refractivity contribution is 7.99. The maximum atomic E-state index is 13.6. The van der Waals surface area contributed by atoms with Crippen molar-refractivity contribution in [2.24, 2.45) is 5.92 Å². The number of hydrogen-bond donors (Lipinski definition) is 1. The molecule has 37 heavy (non-hydrogen) atoms. The molecule has 1 aliphatic rings. The molecule has 3 heterocycles. The number of anilines is 1. The van der Waals surface area contributed by atoms with Gasteiger partial charge >= 0.3 is 5.97 Å². The molecule has 0 bridgehead atoms. The van der Waals surface area contributed by atoms with Crippen molar-refractivity contribution < 1.29 is 14.3 Å². The zero-order valence-electron chi connectivity index (χ0n) is 21.0.